The maximum Gasteiger partial charge on any atom is 0.135 e. The van der Waals surface area contributed by atoms with Gasteiger partial charge in [-0.05, 0) is 117 Å². The topological polar surface area (TPSA) is 16.4 Å². The summed E-state index contributed by atoms with van der Waals surface area (Å²) in [6.07, 6.45) is 0. The van der Waals surface area contributed by atoms with Crippen molar-refractivity contribution in [2.45, 2.75) is 0 Å². The van der Waals surface area contributed by atoms with Gasteiger partial charge in [-0.1, -0.05) is 127 Å². The van der Waals surface area contributed by atoms with E-state index in [1.807, 2.05) is 23.5 Å². The van der Waals surface area contributed by atoms with Gasteiger partial charge in [-0.15, -0.1) is 11.3 Å². The van der Waals surface area contributed by atoms with Crippen LogP contribution in [0.5, 0.6) is 0 Å². The van der Waals surface area contributed by atoms with Crippen LogP contribution in [0.1, 0.15) is 0 Å². The molecule has 0 aliphatic carbocycles. The molecule has 11 rings (SSSR count). The number of hydrogen-bond acceptors (Lipinski definition) is 3. The van der Waals surface area contributed by atoms with E-state index in [1.165, 1.54) is 53.2 Å². The van der Waals surface area contributed by atoms with Crippen LogP contribution in [0.25, 0.3) is 86.3 Å². The quantitative estimate of drug-likeness (QED) is 0.170. The van der Waals surface area contributed by atoms with E-state index in [0.29, 0.717) is 0 Å². The lowest BCUT2D eigenvalue weighted by Crippen LogP contribution is -2.09. The molecule has 0 atom stereocenters. The molecule has 0 saturated heterocycles. The van der Waals surface area contributed by atoms with E-state index < -0.39 is 0 Å². The van der Waals surface area contributed by atoms with Crippen LogP contribution in [-0.4, -0.2) is 0 Å². The summed E-state index contributed by atoms with van der Waals surface area (Å²) < 4.78 is 8.76. The van der Waals surface area contributed by atoms with Crippen molar-refractivity contribution in [3.63, 3.8) is 0 Å². The van der Waals surface area contributed by atoms with Gasteiger partial charge in [0.2, 0.25) is 0 Å². The molecule has 3 heteroatoms. The first-order chi connectivity index (χ1) is 27.2. The summed E-state index contributed by atoms with van der Waals surface area (Å²) >= 11 is 1.86. The lowest BCUT2D eigenvalue weighted by Gasteiger charge is -2.26. The number of thiophene rings is 1. The molecule has 11 aromatic rings. The SMILES string of the molecule is c1ccc2c(-c3ccc(N(c4ccc(-c5ccc6oc7ccccc7c6c5)cc4)c4ccc(-c5ccc6sc7ccccc7c6c5)cc4)cc3)cccc2c1. The van der Waals surface area contributed by atoms with Gasteiger partial charge in [0.05, 0.1) is 0 Å². The Labute approximate surface area is 322 Å². The van der Waals surface area contributed by atoms with Gasteiger partial charge in [-0.25, -0.2) is 0 Å². The summed E-state index contributed by atoms with van der Waals surface area (Å²) in [5.41, 5.74) is 12.3. The Kier molecular flexibility index (Phi) is 7.39. The van der Waals surface area contributed by atoms with E-state index in [1.54, 1.807) is 0 Å². The number of anilines is 3. The summed E-state index contributed by atoms with van der Waals surface area (Å²) in [5, 5.41) is 7.42. The molecule has 0 aliphatic heterocycles. The number of fused-ring (bicyclic) bond motifs is 7. The van der Waals surface area contributed by atoms with Gasteiger partial charge >= 0.3 is 0 Å². The molecule has 2 heterocycles. The molecule has 0 amide bonds. The summed E-state index contributed by atoms with van der Waals surface area (Å²) in [5.74, 6) is 0. The van der Waals surface area contributed by atoms with Crippen LogP contribution < -0.4 is 4.90 Å². The molecule has 0 saturated carbocycles. The minimum Gasteiger partial charge on any atom is -0.456 e. The zero-order valence-corrected chi connectivity index (χ0v) is 30.6. The lowest BCUT2D eigenvalue weighted by molar-refractivity contribution is 0.669. The standard InChI is InChI=1S/C52H33NOS/c1-2-10-43-36(8-1)9-7-13-44(43)37-20-28-42(29-21-37)53(40-24-16-34(17-25-40)38-22-30-50-47(32-38)45-11-3-5-14-49(45)54-50)41-26-18-35(19-27-41)39-23-31-52-48(33-39)46-12-4-6-15-51(46)55-52/h1-33H. The van der Waals surface area contributed by atoms with Crippen molar-refractivity contribution in [1.82, 2.24) is 0 Å². The highest BCUT2D eigenvalue weighted by atomic mass is 32.1. The van der Waals surface area contributed by atoms with Crippen LogP contribution in [0, 0.1) is 0 Å². The van der Waals surface area contributed by atoms with E-state index >= 15 is 0 Å². The van der Waals surface area contributed by atoms with Crippen molar-refractivity contribution in [1.29, 1.82) is 0 Å². The van der Waals surface area contributed by atoms with E-state index in [2.05, 4.69) is 193 Å². The Bertz CT molecular complexity index is 3030. The zero-order chi connectivity index (χ0) is 36.3. The molecule has 2 aromatic heterocycles. The zero-order valence-electron chi connectivity index (χ0n) is 29.8. The molecule has 0 bridgehead atoms. The Morgan fingerprint density at radius 3 is 1.56 bits per heavy atom. The summed E-state index contributed by atoms with van der Waals surface area (Å²) in [6, 6.07) is 72.3. The van der Waals surface area contributed by atoms with Crippen LogP contribution in [0.3, 0.4) is 0 Å². The molecule has 258 valence electrons. The van der Waals surface area contributed by atoms with Crippen molar-refractivity contribution in [3.05, 3.63) is 200 Å². The Morgan fingerprint density at radius 2 is 0.836 bits per heavy atom. The third kappa shape index (κ3) is 5.48. The van der Waals surface area contributed by atoms with Crippen molar-refractivity contribution >= 4 is 81.3 Å². The Morgan fingerprint density at radius 1 is 0.327 bits per heavy atom. The van der Waals surface area contributed by atoms with Crippen LogP contribution in [0.15, 0.2) is 205 Å². The van der Waals surface area contributed by atoms with Gasteiger partial charge in [-0.2, -0.15) is 0 Å². The number of rotatable bonds is 6. The molecule has 0 radical (unpaired) electrons. The van der Waals surface area contributed by atoms with Gasteiger partial charge in [0.15, 0.2) is 0 Å². The fourth-order valence-electron chi connectivity index (χ4n) is 8.13. The highest BCUT2D eigenvalue weighted by molar-refractivity contribution is 7.25. The molecule has 0 N–H and O–H groups in total. The summed E-state index contributed by atoms with van der Waals surface area (Å²) in [6.45, 7) is 0. The molecule has 2 nitrogen and oxygen atoms in total. The Balaban J connectivity index is 0.980. The van der Waals surface area contributed by atoms with Gasteiger partial charge in [0.1, 0.15) is 11.2 Å². The summed E-state index contributed by atoms with van der Waals surface area (Å²) in [7, 11) is 0. The van der Waals surface area contributed by atoms with Crippen molar-refractivity contribution in [2.24, 2.45) is 0 Å². The second kappa shape index (κ2) is 12.9. The van der Waals surface area contributed by atoms with Crippen LogP contribution >= 0.6 is 11.3 Å². The molecular formula is C52H33NOS. The second-order valence-electron chi connectivity index (χ2n) is 14.1. The maximum atomic E-state index is 6.11. The third-order valence-corrected chi connectivity index (χ3v) is 12.0. The maximum absolute atomic E-state index is 6.11. The van der Waals surface area contributed by atoms with Crippen molar-refractivity contribution in [3.8, 4) is 33.4 Å². The smallest absolute Gasteiger partial charge is 0.135 e. The van der Waals surface area contributed by atoms with Gasteiger partial charge in [-0.3, -0.25) is 0 Å². The molecule has 55 heavy (non-hydrogen) atoms. The fraction of sp³-hybridized carbons (Fsp3) is 0. The molecule has 0 aliphatic rings. The van der Waals surface area contributed by atoms with Gasteiger partial charge in [0, 0.05) is 48.0 Å². The second-order valence-corrected chi connectivity index (χ2v) is 15.2. The normalized spacial score (nSPS) is 11.6. The van der Waals surface area contributed by atoms with Crippen LogP contribution in [0.2, 0.25) is 0 Å². The van der Waals surface area contributed by atoms with Crippen molar-refractivity contribution < 1.29 is 4.42 Å². The first-order valence-corrected chi connectivity index (χ1v) is 19.5. The van der Waals surface area contributed by atoms with E-state index in [-0.39, 0.29) is 0 Å². The molecular weight excluding hydrogens is 687 g/mol. The minimum absolute atomic E-state index is 0.909. The van der Waals surface area contributed by atoms with Gasteiger partial charge < -0.3 is 9.32 Å². The molecule has 0 spiro atoms. The first-order valence-electron chi connectivity index (χ1n) is 18.7. The average Bonchev–Trinajstić information content (AvgIpc) is 3.82. The van der Waals surface area contributed by atoms with E-state index in [0.717, 1.165) is 50.1 Å². The predicted octanol–water partition coefficient (Wildman–Crippen LogP) is 15.6. The largest absolute Gasteiger partial charge is 0.456 e. The predicted molar refractivity (Wildman–Crippen MR) is 235 cm³/mol. The number of furan rings is 1. The Hall–Kier alpha value is -6.94. The van der Waals surface area contributed by atoms with E-state index in [4.69, 9.17) is 4.42 Å². The van der Waals surface area contributed by atoms with Crippen LogP contribution in [-0.2, 0) is 0 Å². The number of benzene rings is 9. The van der Waals surface area contributed by atoms with Crippen LogP contribution in [0.4, 0.5) is 17.1 Å². The fourth-order valence-corrected chi connectivity index (χ4v) is 9.22. The lowest BCUT2D eigenvalue weighted by atomic mass is 9.98. The molecule has 9 aromatic carbocycles. The number of nitrogens with zero attached hydrogens (tertiary/aromatic N) is 1. The molecule has 0 fully saturated rings. The highest BCUT2D eigenvalue weighted by Gasteiger charge is 2.16. The van der Waals surface area contributed by atoms with Crippen molar-refractivity contribution in [2.75, 3.05) is 4.90 Å². The molecule has 0 unspecified atom stereocenters. The highest BCUT2D eigenvalue weighted by Crippen LogP contribution is 2.41. The average molecular weight is 720 g/mol. The van der Waals surface area contributed by atoms with E-state index in [9.17, 15) is 0 Å². The third-order valence-electron chi connectivity index (χ3n) is 10.9. The number of para-hydroxylation sites is 1. The van der Waals surface area contributed by atoms with Gasteiger partial charge in [0.25, 0.3) is 0 Å². The first kappa shape index (κ1) is 31.6. The number of hydrogen-bond donors (Lipinski definition) is 0. The monoisotopic (exact) mass is 719 g/mol. The minimum atomic E-state index is 0.909. The summed E-state index contributed by atoms with van der Waals surface area (Å²) in [4.78, 5) is 2.35.